The SMILES string of the molecule is O=C(c1ccc2c(ccn2CC(F)F)c1)N1CC(N[C@@H]2CCN(C(=O)c3nccs3)C2)C1. The van der Waals surface area contributed by atoms with Crippen molar-refractivity contribution in [2.24, 2.45) is 0 Å². The lowest BCUT2D eigenvalue weighted by atomic mass is 10.0. The number of hydrogen-bond donors (Lipinski definition) is 1. The number of aromatic nitrogens is 2. The van der Waals surface area contributed by atoms with Crippen LogP contribution in [0.15, 0.2) is 42.0 Å². The zero-order valence-electron chi connectivity index (χ0n) is 17.3. The molecule has 4 heterocycles. The van der Waals surface area contributed by atoms with Gasteiger partial charge in [0.05, 0.1) is 6.54 Å². The molecule has 2 aromatic heterocycles. The van der Waals surface area contributed by atoms with Crippen LogP contribution < -0.4 is 5.32 Å². The van der Waals surface area contributed by atoms with Gasteiger partial charge in [-0.15, -0.1) is 11.3 Å². The van der Waals surface area contributed by atoms with Crippen LogP contribution in [0, 0.1) is 0 Å². The molecule has 2 aliphatic rings. The van der Waals surface area contributed by atoms with Gasteiger partial charge in [0.15, 0.2) is 5.01 Å². The van der Waals surface area contributed by atoms with Crippen molar-refractivity contribution in [3.8, 4) is 0 Å². The van der Waals surface area contributed by atoms with E-state index < -0.39 is 6.43 Å². The highest BCUT2D eigenvalue weighted by Gasteiger charge is 2.35. The average Bonchev–Trinajstić information content (AvgIpc) is 3.50. The minimum absolute atomic E-state index is 0.0208. The first kappa shape index (κ1) is 21.0. The minimum atomic E-state index is -2.42. The van der Waals surface area contributed by atoms with Crippen LogP contribution in [0.3, 0.4) is 0 Å². The van der Waals surface area contributed by atoms with Crippen LogP contribution in [0.4, 0.5) is 8.78 Å². The smallest absolute Gasteiger partial charge is 0.282 e. The molecular weight excluding hydrogens is 436 g/mol. The summed E-state index contributed by atoms with van der Waals surface area (Å²) < 4.78 is 26.9. The molecule has 7 nitrogen and oxygen atoms in total. The Morgan fingerprint density at radius 3 is 2.69 bits per heavy atom. The van der Waals surface area contributed by atoms with Gasteiger partial charge >= 0.3 is 0 Å². The van der Waals surface area contributed by atoms with Gasteiger partial charge in [-0.3, -0.25) is 9.59 Å². The predicted molar refractivity (Wildman–Crippen MR) is 117 cm³/mol. The van der Waals surface area contributed by atoms with E-state index in [2.05, 4.69) is 10.3 Å². The van der Waals surface area contributed by atoms with Gasteiger partial charge in [-0.2, -0.15) is 0 Å². The topological polar surface area (TPSA) is 70.5 Å². The van der Waals surface area contributed by atoms with Gasteiger partial charge in [0.1, 0.15) is 0 Å². The second-order valence-corrected chi connectivity index (χ2v) is 9.18. The van der Waals surface area contributed by atoms with Gasteiger partial charge < -0.3 is 19.7 Å². The van der Waals surface area contributed by atoms with Gasteiger partial charge in [-0.05, 0) is 30.7 Å². The lowest BCUT2D eigenvalue weighted by Gasteiger charge is -2.41. The molecule has 1 atom stereocenters. The Bertz CT molecular complexity index is 1130. The zero-order valence-corrected chi connectivity index (χ0v) is 18.1. The van der Waals surface area contributed by atoms with Gasteiger partial charge in [-0.25, -0.2) is 13.8 Å². The molecule has 2 aliphatic heterocycles. The molecular formula is C22H23F2N5O2S. The molecule has 0 saturated carbocycles. The molecule has 1 aromatic carbocycles. The first-order valence-electron chi connectivity index (χ1n) is 10.6. The van der Waals surface area contributed by atoms with Crippen LogP contribution in [0.1, 0.15) is 26.6 Å². The van der Waals surface area contributed by atoms with E-state index in [-0.39, 0.29) is 30.4 Å². The van der Waals surface area contributed by atoms with Crippen molar-refractivity contribution < 1.29 is 18.4 Å². The molecule has 2 fully saturated rings. The maximum absolute atomic E-state index is 12.8. The van der Waals surface area contributed by atoms with Crippen LogP contribution in [0.25, 0.3) is 10.9 Å². The molecule has 2 saturated heterocycles. The number of likely N-dealkylation sites (tertiary alicyclic amines) is 2. The van der Waals surface area contributed by atoms with Crippen molar-refractivity contribution in [2.75, 3.05) is 26.2 Å². The number of fused-ring (bicyclic) bond motifs is 1. The Morgan fingerprint density at radius 1 is 1.12 bits per heavy atom. The van der Waals surface area contributed by atoms with Crippen molar-refractivity contribution >= 4 is 34.1 Å². The zero-order chi connectivity index (χ0) is 22.2. The Kier molecular flexibility index (Phi) is 5.64. The number of nitrogens with zero attached hydrogens (tertiary/aromatic N) is 4. The highest BCUT2D eigenvalue weighted by molar-refractivity contribution is 7.11. The number of alkyl halides is 2. The summed E-state index contributed by atoms with van der Waals surface area (Å²) in [7, 11) is 0. The normalized spacial score (nSPS) is 19.2. The van der Waals surface area contributed by atoms with Gasteiger partial charge in [-0.1, -0.05) is 0 Å². The first-order valence-corrected chi connectivity index (χ1v) is 11.5. The standard InChI is InChI=1S/C22H23F2N5O2S/c23-19(24)13-27-6-3-14-9-15(1-2-18(14)27)21(30)29-11-17(12-29)26-16-4-7-28(10-16)22(31)20-25-5-8-32-20/h1-3,5-6,8-9,16-17,19,26H,4,7,10-13H2/t16-/m1/s1. The summed E-state index contributed by atoms with van der Waals surface area (Å²) in [6.07, 6.45) is 1.72. The highest BCUT2D eigenvalue weighted by Crippen LogP contribution is 2.22. The van der Waals surface area contributed by atoms with Gasteiger partial charge in [0.2, 0.25) is 0 Å². The van der Waals surface area contributed by atoms with Crippen LogP contribution in [-0.4, -0.2) is 75.9 Å². The largest absolute Gasteiger partial charge is 0.342 e. The molecule has 10 heteroatoms. The summed E-state index contributed by atoms with van der Waals surface area (Å²) in [6, 6.07) is 7.37. The molecule has 0 unspecified atom stereocenters. The summed E-state index contributed by atoms with van der Waals surface area (Å²) in [6.45, 7) is 2.22. The van der Waals surface area contributed by atoms with E-state index in [1.807, 2.05) is 4.90 Å². The Morgan fingerprint density at radius 2 is 1.94 bits per heavy atom. The average molecular weight is 460 g/mol. The molecule has 1 N–H and O–H groups in total. The number of hydrogen-bond acceptors (Lipinski definition) is 5. The van der Waals surface area contributed by atoms with E-state index in [4.69, 9.17) is 0 Å². The molecule has 3 aromatic rings. The molecule has 168 valence electrons. The molecule has 2 amide bonds. The van der Waals surface area contributed by atoms with Crippen LogP contribution >= 0.6 is 11.3 Å². The summed E-state index contributed by atoms with van der Waals surface area (Å²) >= 11 is 1.35. The third kappa shape index (κ3) is 4.12. The van der Waals surface area contributed by atoms with Crippen LogP contribution in [0.2, 0.25) is 0 Å². The molecule has 32 heavy (non-hydrogen) atoms. The van der Waals surface area contributed by atoms with Crippen molar-refractivity contribution in [2.45, 2.75) is 31.5 Å². The maximum atomic E-state index is 12.8. The van der Waals surface area contributed by atoms with E-state index in [9.17, 15) is 18.4 Å². The Labute approximate surface area is 187 Å². The Hall–Kier alpha value is -2.85. The molecule has 0 bridgehead atoms. The minimum Gasteiger partial charge on any atom is -0.342 e. The summed E-state index contributed by atoms with van der Waals surface area (Å²) in [5.41, 5.74) is 1.26. The lowest BCUT2D eigenvalue weighted by Crippen LogP contribution is -2.62. The number of rotatable bonds is 6. The van der Waals surface area contributed by atoms with Crippen LogP contribution in [0.5, 0.6) is 0 Å². The molecule has 0 spiro atoms. The number of carbonyl (C=O) groups excluding carboxylic acids is 2. The molecule has 0 radical (unpaired) electrons. The fraction of sp³-hybridized carbons (Fsp3) is 0.409. The highest BCUT2D eigenvalue weighted by atomic mass is 32.1. The number of carbonyl (C=O) groups is 2. The number of nitrogens with one attached hydrogen (secondary N) is 1. The third-order valence-corrected chi connectivity index (χ3v) is 6.84. The first-order chi connectivity index (χ1) is 15.5. The quantitative estimate of drug-likeness (QED) is 0.616. The number of thiazole rings is 1. The third-order valence-electron chi connectivity index (χ3n) is 6.08. The fourth-order valence-electron chi connectivity index (χ4n) is 4.45. The number of benzene rings is 1. The van der Waals surface area contributed by atoms with E-state index in [0.717, 1.165) is 11.8 Å². The van der Waals surface area contributed by atoms with E-state index in [1.54, 1.807) is 46.9 Å². The maximum Gasteiger partial charge on any atom is 0.282 e. The van der Waals surface area contributed by atoms with Gasteiger partial charge in [0.25, 0.3) is 18.2 Å². The summed E-state index contributed by atoms with van der Waals surface area (Å²) in [5.74, 6) is -0.0777. The van der Waals surface area contributed by atoms with Crippen LogP contribution in [-0.2, 0) is 6.54 Å². The van der Waals surface area contributed by atoms with Crippen molar-refractivity contribution in [1.29, 1.82) is 0 Å². The van der Waals surface area contributed by atoms with Crippen molar-refractivity contribution in [3.05, 3.63) is 52.6 Å². The fourth-order valence-corrected chi connectivity index (χ4v) is 5.05. The number of amides is 2. The van der Waals surface area contributed by atoms with Crippen molar-refractivity contribution in [3.63, 3.8) is 0 Å². The molecule has 0 aliphatic carbocycles. The second-order valence-electron chi connectivity index (χ2n) is 8.28. The van der Waals surface area contributed by atoms with E-state index in [0.29, 0.717) is 42.3 Å². The van der Waals surface area contributed by atoms with Gasteiger partial charge in [0, 0.05) is 72.5 Å². The second kappa shape index (κ2) is 8.59. The monoisotopic (exact) mass is 459 g/mol. The number of halogens is 2. The molecule has 5 rings (SSSR count). The summed E-state index contributed by atoms with van der Waals surface area (Å²) in [4.78, 5) is 32.9. The van der Waals surface area contributed by atoms with E-state index in [1.165, 1.54) is 15.9 Å². The Balaban J connectivity index is 1.13. The summed E-state index contributed by atoms with van der Waals surface area (Å²) in [5, 5.41) is 6.66. The van der Waals surface area contributed by atoms with E-state index >= 15 is 0 Å². The predicted octanol–water partition coefficient (Wildman–Crippen LogP) is 2.69. The van der Waals surface area contributed by atoms with Crippen molar-refractivity contribution in [1.82, 2.24) is 24.7 Å². The lowest BCUT2D eigenvalue weighted by molar-refractivity contribution is 0.0553.